The van der Waals surface area contributed by atoms with Crippen LogP contribution in [0.25, 0.3) is 0 Å². The second kappa shape index (κ2) is 8.04. The van der Waals surface area contributed by atoms with E-state index in [0.29, 0.717) is 5.92 Å². The predicted molar refractivity (Wildman–Crippen MR) is 112 cm³/mol. The lowest BCUT2D eigenvalue weighted by atomic mass is 9.72. The van der Waals surface area contributed by atoms with Gasteiger partial charge in [-0.15, -0.1) is 0 Å². The molecule has 142 valence electrons. The lowest BCUT2D eigenvalue weighted by molar-refractivity contribution is 0.423. The summed E-state index contributed by atoms with van der Waals surface area (Å²) in [5.74, 6) is 0.752. The highest BCUT2D eigenvalue weighted by Gasteiger charge is 2.29. The van der Waals surface area contributed by atoms with Crippen molar-refractivity contribution < 1.29 is 10.2 Å². The van der Waals surface area contributed by atoms with Crippen molar-refractivity contribution in [1.82, 2.24) is 0 Å². The number of aryl methyl sites for hydroxylation is 3. The first-order valence-electron chi connectivity index (χ1n) is 9.78. The molecule has 27 heavy (non-hydrogen) atoms. The van der Waals surface area contributed by atoms with Crippen LogP contribution in [-0.2, 0) is 12.8 Å². The van der Waals surface area contributed by atoms with Crippen LogP contribution in [0.4, 0.5) is 0 Å². The fourth-order valence-electron chi connectivity index (χ4n) is 4.21. The van der Waals surface area contributed by atoms with Gasteiger partial charge in [0.1, 0.15) is 11.5 Å². The Bertz CT molecular complexity index is 859. The molecule has 0 heterocycles. The van der Waals surface area contributed by atoms with Crippen LogP contribution in [0.1, 0.15) is 54.9 Å². The number of benzene rings is 2. The average Bonchev–Trinajstić information content (AvgIpc) is 2.60. The maximum Gasteiger partial charge on any atom is 0.123 e. The van der Waals surface area contributed by atoms with E-state index in [0.717, 1.165) is 42.4 Å². The minimum Gasteiger partial charge on any atom is -0.508 e. The fourth-order valence-corrected chi connectivity index (χ4v) is 4.21. The standard InChI is InChI=1S/C25H30O2/c1-16(2)22-12-7-18(4)13-23(22)25-20(14-21(26)15-24(25)27)11-10-19-8-5-17(3)6-9-19/h5-6,8-9,13-15,22-23,26-27H,1,7,10-12H2,2-4H3. The molecule has 0 saturated carbocycles. The summed E-state index contributed by atoms with van der Waals surface area (Å²) in [4.78, 5) is 0. The Labute approximate surface area is 162 Å². The van der Waals surface area contributed by atoms with Gasteiger partial charge in [0, 0.05) is 17.5 Å². The molecular weight excluding hydrogens is 332 g/mol. The normalized spacial score (nSPS) is 19.6. The largest absolute Gasteiger partial charge is 0.508 e. The molecule has 2 aromatic carbocycles. The van der Waals surface area contributed by atoms with Crippen molar-refractivity contribution in [2.45, 2.75) is 52.4 Å². The van der Waals surface area contributed by atoms with Gasteiger partial charge in [0.15, 0.2) is 0 Å². The van der Waals surface area contributed by atoms with Gasteiger partial charge in [-0.1, -0.05) is 53.6 Å². The number of allylic oxidation sites excluding steroid dienone is 3. The Hall–Kier alpha value is -2.48. The van der Waals surface area contributed by atoms with E-state index >= 15 is 0 Å². The number of hydrogen-bond donors (Lipinski definition) is 2. The van der Waals surface area contributed by atoms with Crippen LogP contribution in [0.5, 0.6) is 11.5 Å². The Morgan fingerprint density at radius 2 is 1.78 bits per heavy atom. The Morgan fingerprint density at radius 3 is 2.44 bits per heavy atom. The van der Waals surface area contributed by atoms with Gasteiger partial charge >= 0.3 is 0 Å². The van der Waals surface area contributed by atoms with E-state index in [1.165, 1.54) is 22.8 Å². The van der Waals surface area contributed by atoms with Crippen molar-refractivity contribution in [2.75, 3.05) is 0 Å². The van der Waals surface area contributed by atoms with Crippen molar-refractivity contribution in [3.05, 3.63) is 82.5 Å². The molecule has 0 saturated heterocycles. The summed E-state index contributed by atoms with van der Waals surface area (Å²) < 4.78 is 0. The van der Waals surface area contributed by atoms with Gasteiger partial charge in [-0.05, 0) is 69.6 Å². The molecule has 2 unspecified atom stereocenters. The molecule has 1 aliphatic rings. The Kier molecular flexibility index (Phi) is 5.74. The lowest BCUT2D eigenvalue weighted by Gasteiger charge is -2.32. The van der Waals surface area contributed by atoms with Gasteiger partial charge in [-0.2, -0.15) is 0 Å². The van der Waals surface area contributed by atoms with E-state index < -0.39 is 0 Å². The molecule has 0 fully saturated rings. The summed E-state index contributed by atoms with van der Waals surface area (Å²) >= 11 is 0. The molecule has 0 radical (unpaired) electrons. The van der Waals surface area contributed by atoms with Crippen LogP contribution in [0.15, 0.2) is 60.2 Å². The summed E-state index contributed by atoms with van der Waals surface area (Å²) in [6.45, 7) is 10.5. The van der Waals surface area contributed by atoms with Gasteiger partial charge in [0.05, 0.1) is 0 Å². The van der Waals surface area contributed by atoms with Crippen LogP contribution >= 0.6 is 0 Å². The topological polar surface area (TPSA) is 40.5 Å². The quantitative estimate of drug-likeness (QED) is 0.621. The van der Waals surface area contributed by atoms with Gasteiger partial charge in [0.2, 0.25) is 0 Å². The molecule has 0 aromatic heterocycles. The van der Waals surface area contributed by atoms with Crippen molar-refractivity contribution in [1.29, 1.82) is 0 Å². The van der Waals surface area contributed by atoms with Gasteiger partial charge < -0.3 is 10.2 Å². The number of phenolic OH excluding ortho intramolecular Hbond substituents is 2. The molecule has 2 aromatic rings. The minimum absolute atomic E-state index is 0.116. The molecule has 2 nitrogen and oxygen atoms in total. The predicted octanol–water partition coefficient (Wildman–Crippen LogP) is 6.21. The molecule has 2 atom stereocenters. The third-order valence-electron chi connectivity index (χ3n) is 5.75. The Morgan fingerprint density at radius 1 is 1.07 bits per heavy atom. The summed E-state index contributed by atoms with van der Waals surface area (Å²) in [6, 6.07) is 11.8. The highest BCUT2D eigenvalue weighted by atomic mass is 16.3. The van der Waals surface area contributed by atoms with Crippen LogP contribution in [-0.4, -0.2) is 10.2 Å². The summed E-state index contributed by atoms with van der Waals surface area (Å²) in [5, 5.41) is 20.8. The monoisotopic (exact) mass is 362 g/mol. The zero-order valence-electron chi connectivity index (χ0n) is 16.6. The molecule has 2 heteroatoms. The Balaban J connectivity index is 1.97. The fraction of sp³-hybridized carbons (Fsp3) is 0.360. The summed E-state index contributed by atoms with van der Waals surface area (Å²) in [5.41, 5.74) is 7.00. The average molecular weight is 363 g/mol. The SMILES string of the molecule is C=C(C)C1CCC(C)=CC1c1c(O)cc(O)cc1CCc1ccc(C)cc1. The zero-order valence-corrected chi connectivity index (χ0v) is 16.6. The first kappa shape index (κ1) is 19.3. The molecule has 1 aliphatic carbocycles. The van der Waals surface area contributed by atoms with Crippen LogP contribution in [0.2, 0.25) is 0 Å². The van der Waals surface area contributed by atoms with Gasteiger partial charge in [0.25, 0.3) is 0 Å². The van der Waals surface area contributed by atoms with E-state index in [2.05, 4.69) is 57.7 Å². The third-order valence-corrected chi connectivity index (χ3v) is 5.75. The van der Waals surface area contributed by atoms with Crippen LogP contribution in [0, 0.1) is 12.8 Å². The van der Waals surface area contributed by atoms with E-state index in [-0.39, 0.29) is 17.4 Å². The molecule has 2 N–H and O–H groups in total. The molecule has 0 spiro atoms. The first-order chi connectivity index (χ1) is 12.8. The summed E-state index contributed by atoms with van der Waals surface area (Å²) in [7, 11) is 0. The van der Waals surface area contributed by atoms with E-state index in [1.807, 2.05) is 6.07 Å². The van der Waals surface area contributed by atoms with E-state index in [9.17, 15) is 10.2 Å². The second-order valence-electron chi connectivity index (χ2n) is 8.05. The number of hydrogen-bond acceptors (Lipinski definition) is 2. The van der Waals surface area contributed by atoms with E-state index in [1.54, 1.807) is 0 Å². The molecule has 0 amide bonds. The van der Waals surface area contributed by atoms with Crippen molar-refractivity contribution >= 4 is 0 Å². The number of aromatic hydroxyl groups is 2. The van der Waals surface area contributed by atoms with Gasteiger partial charge in [-0.25, -0.2) is 0 Å². The number of rotatable bonds is 5. The second-order valence-corrected chi connectivity index (χ2v) is 8.05. The molecular formula is C25H30O2. The third kappa shape index (κ3) is 4.44. The zero-order chi connectivity index (χ0) is 19.6. The highest BCUT2D eigenvalue weighted by molar-refractivity contribution is 5.50. The minimum atomic E-state index is 0.116. The van der Waals surface area contributed by atoms with Crippen molar-refractivity contribution in [2.24, 2.45) is 5.92 Å². The number of phenols is 2. The van der Waals surface area contributed by atoms with Crippen LogP contribution in [0.3, 0.4) is 0 Å². The lowest BCUT2D eigenvalue weighted by Crippen LogP contribution is -2.18. The maximum atomic E-state index is 10.7. The van der Waals surface area contributed by atoms with Crippen molar-refractivity contribution in [3.8, 4) is 11.5 Å². The molecule has 0 aliphatic heterocycles. The molecule has 0 bridgehead atoms. The highest BCUT2D eigenvalue weighted by Crippen LogP contribution is 2.45. The van der Waals surface area contributed by atoms with Crippen molar-refractivity contribution in [3.63, 3.8) is 0 Å². The van der Waals surface area contributed by atoms with E-state index in [4.69, 9.17) is 0 Å². The summed E-state index contributed by atoms with van der Waals surface area (Å²) in [6.07, 6.45) is 6.08. The maximum absolute atomic E-state index is 10.7. The first-order valence-corrected chi connectivity index (χ1v) is 9.78. The van der Waals surface area contributed by atoms with Crippen LogP contribution < -0.4 is 0 Å². The molecule has 3 rings (SSSR count). The smallest absolute Gasteiger partial charge is 0.123 e. The van der Waals surface area contributed by atoms with Gasteiger partial charge in [-0.3, -0.25) is 0 Å².